The maximum atomic E-state index is 12.7. The van der Waals surface area contributed by atoms with Crippen LogP contribution in [-0.2, 0) is 19.6 Å². The van der Waals surface area contributed by atoms with E-state index in [-0.39, 0.29) is 28.8 Å². The molecule has 2 N–H and O–H groups in total. The van der Waals surface area contributed by atoms with Crippen LogP contribution in [0.2, 0.25) is 0 Å². The number of nitrogens with one attached hydrogen (secondary N) is 2. The first kappa shape index (κ1) is 21.4. The van der Waals surface area contributed by atoms with Crippen molar-refractivity contribution >= 4 is 27.6 Å². The van der Waals surface area contributed by atoms with Gasteiger partial charge in [0.15, 0.2) is 11.5 Å². The number of rotatable bonds is 7. The van der Waals surface area contributed by atoms with Gasteiger partial charge in [-0.2, -0.15) is 0 Å². The molecule has 0 saturated heterocycles. The van der Waals surface area contributed by atoms with Gasteiger partial charge in [-0.1, -0.05) is 6.07 Å². The smallest absolute Gasteiger partial charge is 0.325 e. The van der Waals surface area contributed by atoms with Gasteiger partial charge in [0.05, 0.1) is 11.0 Å². The summed E-state index contributed by atoms with van der Waals surface area (Å²) in [5.74, 6) is -0.259. The van der Waals surface area contributed by atoms with Crippen LogP contribution in [0.3, 0.4) is 0 Å². The Morgan fingerprint density at radius 1 is 1.07 bits per heavy atom. The Labute approximate surface area is 174 Å². The Morgan fingerprint density at radius 3 is 2.53 bits per heavy atom. The van der Waals surface area contributed by atoms with E-state index in [2.05, 4.69) is 10.0 Å². The fourth-order valence-corrected chi connectivity index (χ4v) is 3.75. The largest absolute Gasteiger partial charge is 0.486 e. The van der Waals surface area contributed by atoms with E-state index in [1.807, 2.05) is 0 Å². The van der Waals surface area contributed by atoms with E-state index in [0.29, 0.717) is 24.7 Å². The molecular weight excluding hydrogens is 412 g/mol. The van der Waals surface area contributed by atoms with Gasteiger partial charge in [-0.15, -0.1) is 0 Å². The predicted molar refractivity (Wildman–Crippen MR) is 108 cm³/mol. The summed E-state index contributed by atoms with van der Waals surface area (Å²) < 4.78 is 43.6. The minimum atomic E-state index is -3.92. The molecule has 0 saturated carbocycles. The Morgan fingerprint density at radius 2 is 1.80 bits per heavy atom. The summed E-state index contributed by atoms with van der Waals surface area (Å²) in [6, 6.07) is 10.2. The number of hydrogen-bond donors (Lipinski definition) is 2. The number of carbonyl (C=O) groups excluding carboxylic acids is 2. The zero-order valence-electron chi connectivity index (χ0n) is 16.5. The second kappa shape index (κ2) is 9.04. The summed E-state index contributed by atoms with van der Waals surface area (Å²) in [7, 11) is -3.92. The van der Waals surface area contributed by atoms with Crippen LogP contribution in [0.25, 0.3) is 0 Å². The van der Waals surface area contributed by atoms with Gasteiger partial charge >= 0.3 is 5.97 Å². The van der Waals surface area contributed by atoms with Gasteiger partial charge in [-0.05, 0) is 44.2 Å². The first-order valence-electron chi connectivity index (χ1n) is 9.25. The number of hydrogen-bond acceptors (Lipinski definition) is 7. The van der Waals surface area contributed by atoms with Crippen molar-refractivity contribution in [3.8, 4) is 11.5 Å². The number of carbonyl (C=O) groups is 2. The van der Waals surface area contributed by atoms with Crippen molar-refractivity contribution in [1.29, 1.82) is 0 Å². The van der Waals surface area contributed by atoms with Crippen LogP contribution in [0.4, 0.5) is 5.69 Å². The van der Waals surface area contributed by atoms with Crippen LogP contribution in [0, 0.1) is 0 Å². The third-order valence-electron chi connectivity index (χ3n) is 3.96. The maximum absolute atomic E-state index is 12.7. The molecule has 1 amide bonds. The first-order valence-corrected chi connectivity index (χ1v) is 10.7. The number of amides is 1. The number of sulfonamides is 1. The molecule has 10 heteroatoms. The van der Waals surface area contributed by atoms with Gasteiger partial charge in [0.1, 0.15) is 19.8 Å². The van der Waals surface area contributed by atoms with Crippen molar-refractivity contribution < 1.29 is 32.2 Å². The molecule has 0 bridgehead atoms. The Kier molecular flexibility index (Phi) is 6.46. The molecule has 0 aliphatic carbocycles. The van der Waals surface area contributed by atoms with Crippen LogP contribution >= 0.6 is 0 Å². The molecule has 0 spiro atoms. The number of benzene rings is 2. The highest BCUT2D eigenvalue weighted by Gasteiger charge is 2.20. The van der Waals surface area contributed by atoms with E-state index in [4.69, 9.17) is 14.2 Å². The third kappa shape index (κ3) is 5.41. The molecule has 9 nitrogen and oxygen atoms in total. The van der Waals surface area contributed by atoms with Crippen molar-refractivity contribution in [2.45, 2.75) is 24.8 Å². The Balaban J connectivity index is 1.70. The van der Waals surface area contributed by atoms with Crippen molar-refractivity contribution in [3.05, 3.63) is 48.0 Å². The summed E-state index contributed by atoms with van der Waals surface area (Å²) in [4.78, 5) is 23.8. The minimum Gasteiger partial charge on any atom is -0.486 e. The summed E-state index contributed by atoms with van der Waals surface area (Å²) in [5.41, 5.74) is 0.386. The number of fused-ring (bicyclic) bond motifs is 1. The fraction of sp³-hybridized carbons (Fsp3) is 0.300. The minimum absolute atomic E-state index is 0.00182. The number of anilines is 1. The maximum Gasteiger partial charge on any atom is 0.325 e. The quantitative estimate of drug-likeness (QED) is 0.639. The highest BCUT2D eigenvalue weighted by atomic mass is 32.2. The van der Waals surface area contributed by atoms with Gasteiger partial charge in [0.2, 0.25) is 0 Å². The molecule has 2 aromatic rings. The molecule has 1 heterocycles. The highest BCUT2D eigenvalue weighted by Crippen LogP contribution is 2.32. The average molecular weight is 434 g/mol. The lowest BCUT2D eigenvalue weighted by Gasteiger charge is -2.19. The van der Waals surface area contributed by atoms with Crippen LogP contribution in [-0.4, -0.2) is 46.2 Å². The molecule has 160 valence electrons. The van der Waals surface area contributed by atoms with Gasteiger partial charge in [-0.25, -0.2) is 8.42 Å². The van der Waals surface area contributed by atoms with E-state index in [1.165, 1.54) is 42.5 Å². The standard InChI is InChI=1S/C20H22N2O7S/c1-13(2)29-19(23)12-21-20(24)14-4-3-5-15(10-14)22-30(25,26)16-6-7-17-18(11-16)28-9-8-27-17/h3-7,10-11,13,22H,8-9,12H2,1-2H3,(H,21,24). The average Bonchev–Trinajstić information content (AvgIpc) is 2.71. The SMILES string of the molecule is CC(C)OC(=O)CNC(=O)c1cccc(NS(=O)(=O)c2ccc3c(c2)OCCO3)c1. The number of esters is 1. The normalized spacial score (nSPS) is 12.9. The Bertz CT molecular complexity index is 1050. The lowest BCUT2D eigenvalue weighted by molar-refractivity contribution is -0.146. The van der Waals surface area contributed by atoms with Crippen LogP contribution in [0.5, 0.6) is 11.5 Å². The summed E-state index contributed by atoms with van der Waals surface area (Å²) in [6.07, 6.45) is -0.285. The highest BCUT2D eigenvalue weighted by molar-refractivity contribution is 7.92. The van der Waals surface area contributed by atoms with E-state index < -0.39 is 21.9 Å². The second-order valence-corrected chi connectivity index (χ2v) is 8.40. The number of ether oxygens (including phenoxy) is 3. The predicted octanol–water partition coefficient (Wildman–Crippen LogP) is 1.94. The molecule has 1 aliphatic heterocycles. The second-order valence-electron chi connectivity index (χ2n) is 6.71. The van der Waals surface area contributed by atoms with Gasteiger partial charge < -0.3 is 19.5 Å². The zero-order valence-corrected chi connectivity index (χ0v) is 17.3. The van der Waals surface area contributed by atoms with Crippen molar-refractivity contribution in [3.63, 3.8) is 0 Å². The molecule has 0 radical (unpaired) electrons. The molecule has 0 aromatic heterocycles. The molecular formula is C20H22N2O7S. The molecule has 0 unspecified atom stereocenters. The molecule has 30 heavy (non-hydrogen) atoms. The first-order chi connectivity index (χ1) is 14.2. The monoisotopic (exact) mass is 434 g/mol. The van der Waals surface area contributed by atoms with Gasteiger partial charge in [0.25, 0.3) is 15.9 Å². The van der Waals surface area contributed by atoms with E-state index >= 15 is 0 Å². The fourth-order valence-electron chi connectivity index (χ4n) is 2.69. The molecule has 3 rings (SSSR count). The lowest BCUT2D eigenvalue weighted by Crippen LogP contribution is -2.31. The molecule has 2 aromatic carbocycles. The lowest BCUT2D eigenvalue weighted by atomic mass is 10.2. The summed E-state index contributed by atoms with van der Waals surface area (Å²) in [5, 5.41) is 2.44. The summed E-state index contributed by atoms with van der Waals surface area (Å²) in [6.45, 7) is 3.87. The molecule has 0 fully saturated rings. The Hall–Kier alpha value is -3.27. The van der Waals surface area contributed by atoms with Crippen LogP contribution in [0.15, 0.2) is 47.4 Å². The topological polar surface area (TPSA) is 120 Å². The molecule has 0 atom stereocenters. The molecule has 1 aliphatic rings. The van der Waals surface area contributed by atoms with E-state index in [9.17, 15) is 18.0 Å². The van der Waals surface area contributed by atoms with Gasteiger partial charge in [-0.3, -0.25) is 14.3 Å². The van der Waals surface area contributed by atoms with Gasteiger partial charge in [0, 0.05) is 17.3 Å². The van der Waals surface area contributed by atoms with E-state index in [0.717, 1.165) is 0 Å². The summed E-state index contributed by atoms with van der Waals surface area (Å²) >= 11 is 0. The zero-order chi connectivity index (χ0) is 21.7. The van der Waals surface area contributed by atoms with Crippen molar-refractivity contribution in [1.82, 2.24) is 5.32 Å². The third-order valence-corrected chi connectivity index (χ3v) is 5.34. The van der Waals surface area contributed by atoms with Crippen molar-refractivity contribution in [2.75, 3.05) is 24.5 Å². The van der Waals surface area contributed by atoms with Crippen LogP contribution < -0.4 is 19.5 Å². The van der Waals surface area contributed by atoms with E-state index in [1.54, 1.807) is 13.8 Å². The van der Waals surface area contributed by atoms with Crippen LogP contribution in [0.1, 0.15) is 24.2 Å². The van der Waals surface area contributed by atoms with Crippen molar-refractivity contribution in [2.24, 2.45) is 0 Å².